The predicted molar refractivity (Wildman–Crippen MR) is 36.7 cm³/mol. The van der Waals surface area contributed by atoms with Crippen molar-refractivity contribution in [3.8, 4) is 0 Å². The third-order valence-electron chi connectivity index (χ3n) is 1.22. The molecule has 1 aliphatic rings. The fourth-order valence-corrected chi connectivity index (χ4v) is 1.94. The lowest BCUT2D eigenvalue weighted by Gasteiger charge is -2.08. The van der Waals surface area contributed by atoms with Crippen LogP contribution in [0.15, 0.2) is 0 Å². The van der Waals surface area contributed by atoms with Crippen molar-refractivity contribution >= 4 is 16.5 Å². The maximum absolute atomic E-state index is 10.1. The van der Waals surface area contributed by atoms with Crippen LogP contribution in [0, 0.1) is 0 Å². The van der Waals surface area contributed by atoms with Gasteiger partial charge < -0.3 is 5.32 Å². The van der Waals surface area contributed by atoms with Gasteiger partial charge in [0.05, 0.1) is 10.9 Å². The summed E-state index contributed by atoms with van der Waals surface area (Å²) in [5, 5.41) is 3.20. The average molecular weight is 132 g/mol. The minimum atomic E-state index is 0.105. The summed E-state index contributed by atoms with van der Waals surface area (Å²) in [4.78, 5) is 10.1. The molecule has 0 bridgehead atoms. The average Bonchev–Trinajstić information content (AvgIpc) is 1.90. The highest BCUT2D eigenvalue weighted by molar-refractivity contribution is 8.09. The van der Waals surface area contributed by atoms with Gasteiger partial charge in [-0.2, -0.15) is 0 Å². The Kier molecular flexibility index (Phi) is 2.36. The highest BCUT2D eigenvalue weighted by atomic mass is 32.2. The molecule has 0 atom stereocenters. The van der Waals surface area contributed by atoms with Crippen LogP contribution < -0.4 is 5.32 Å². The van der Waals surface area contributed by atoms with Gasteiger partial charge >= 0.3 is 5.62 Å². The number of nitrogens with one attached hydrogen (secondary N) is 1. The molecule has 0 amide bonds. The predicted octanol–water partition coefficient (Wildman–Crippen LogP) is -0.602. The van der Waals surface area contributed by atoms with Crippen molar-refractivity contribution in [3.63, 3.8) is 0 Å². The van der Waals surface area contributed by atoms with E-state index in [-0.39, 0.29) is 10.9 Å². The fourth-order valence-electron chi connectivity index (χ4n) is 0.730. The molecule has 0 unspecified atom stereocenters. The Bertz CT molecular complexity index is 80.5. The number of hydrogen-bond donors (Lipinski definition) is 1. The molecule has 0 aromatic rings. The molecule has 0 aromatic carbocycles. The van der Waals surface area contributed by atoms with Crippen molar-refractivity contribution in [1.29, 1.82) is 0 Å². The number of carbonyl (C=O) groups is 1. The van der Waals surface area contributed by atoms with Gasteiger partial charge in [-0.3, -0.25) is 0 Å². The van der Waals surface area contributed by atoms with E-state index < -0.39 is 0 Å². The topological polar surface area (TPSA) is 29.1 Å². The van der Waals surface area contributed by atoms with Gasteiger partial charge in [-0.1, -0.05) is 0 Å². The van der Waals surface area contributed by atoms with Crippen molar-refractivity contribution < 1.29 is 4.79 Å². The van der Waals surface area contributed by atoms with Crippen molar-refractivity contribution in [2.24, 2.45) is 0 Å². The summed E-state index contributed by atoms with van der Waals surface area (Å²) >= 11 is 0. The van der Waals surface area contributed by atoms with Crippen LogP contribution in [0.5, 0.6) is 0 Å². The Balaban J connectivity index is 2.22. The molecule has 1 heterocycles. The molecule has 2 nitrogen and oxygen atoms in total. The zero-order valence-electron chi connectivity index (χ0n) is 4.72. The molecule has 46 valence electrons. The minimum Gasteiger partial charge on any atom is -0.308 e. The molecule has 0 radical (unpaired) electrons. The van der Waals surface area contributed by atoms with Gasteiger partial charge in [0.2, 0.25) is 0 Å². The Morgan fingerprint density at radius 1 is 1.38 bits per heavy atom. The van der Waals surface area contributed by atoms with Crippen LogP contribution in [-0.4, -0.2) is 30.2 Å². The van der Waals surface area contributed by atoms with Gasteiger partial charge in [0.15, 0.2) is 0 Å². The lowest BCUT2D eigenvalue weighted by molar-refractivity contribution is 0.569. The number of rotatable bonds is 1. The molecule has 1 N–H and O–H groups in total. The van der Waals surface area contributed by atoms with Crippen LogP contribution in [0.1, 0.15) is 0 Å². The maximum atomic E-state index is 10.1. The molecule has 1 saturated heterocycles. The lowest BCUT2D eigenvalue weighted by Crippen LogP contribution is -2.36. The van der Waals surface area contributed by atoms with Crippen LogP contribution in [-0.2, 0) is 15.7 Å². The van der Waals surface area contributed by atoms with E-state index in [4.69, 9.17) is 0 Å². The second kappa shape index (κ2) is 3.10. The van der Waals surface area contributed by atoms with Gasteiger partial charge in [0, 0.05) is 13.1 Å². The van der Waals surface area contributed by atoms with E-state index in [1.165, 1.54) is 0 Å². The molecular weight excluding hydrogens is 122 g/mol. The molecular formula is C5H10NOS+. The zero-order chi connectivity index (χ0) is 5.82. The molecule has 8 heavy (non-hydrogen) atoms. The van der Waals surface area contributed by atoms with Gasteiger partial charge in [-0.25, -0.2) is 4.79 Å². The van der Waals surface area contributed by atoms with E-state index in [1.807, 2.05) is 0 Å². The fraction of sp³-hybridized carbons (Fsp3) is 0.800. The second-order valence-corrected chi connectivity index (χ2v) is 3.88. The van der Waals surface area contributed by atoms with E-state index >= 15 is 0 Å². The van der Waals surface area contributed by atoms with E-state index in [1.54, 1.807) is 0 Å². The summed E-state index contributed by atoms with van der Waals surface area (Å²) < 4.78 is 0. The molecule has 1 rings (SSSR count). The van der Waals surface area contributed by atoms with Gasteiger partial charge in [-0.05, 0) is 0 Å². The Morgan fingerprint density at radius 2 is 2.00 bits per heavy atom. The third kappa shape index (κ3) is 1.49. The van der Waals surface area contributed by atoms with Crippen molar-refractivity contribution in [2.45, 2.75) is 0 Å². The van der Waals surface area contributed by atoms with E-state index in [9.17, 15) is 4.79 Å². The Labute approximate surface area is 52.0 Å². The summed E-state index contributed by atoms with van der Waals surface area (Å²) in [6, 6.07) is 0. The van der Waals surface area contributed by atoms with Crippen molar-refractivity contribution in [3.05, 3.63) is 0 Å². The molecule has 0 saturated carbocycles. The monoisotopic (exact) mass is 132 g/mol. The first-order valence-electron chi connectivity index (χ1n) is 2.76. The molecule has 1 fully saturated rings. The molecule has 0 aromatic heterocycles. The highest BCUT2D eigenvalue weighted by Gasteiger charge is 2.19. The standard InChI is InChI=1S/C5H10NOS/c7-5-8-3-1-6-2-4-8/h5-6H,1-4H2/q+1. The van der Waals surface area contributed by atoms with E-state index in [0.717, 1.165) is 30.2 Å². The SMILES string of the molecule is O=C[S+]1CCNCC1. The van der Waals surface area contributed by atoms with Crippen molar-refractivity contribution in [1.82, 2.24) is 5.32 Å². The van der Waals surface area contributed by atoms with Crippen molar-refractivity contribution in [2.75, 3.05) is 24.6 Å². The first kappa shape index (κ1) is 6.11. The van der Waals surface area contributed by atoms with E-state index in [2.05, 4.69) is 5.32 Å². The summed E-state index contributed by atoms with van der Waals surface area (Å²) in [7, 11) is 0.105. The Morgan fingerprint density at radius 3 is 2.38 bits per heavy atom. The summed E-state index contributed by atoms with van der Waals surface area (Å²) in [6.07, 6.45) is 0. The smallest absolute Gasteiger partial charge is 0.308 e. The van der Waals surface area contributed by atoms with Crippen LogP contribution >= 0.6 is 0 Å². The van der Waals surface area contributed by atoms with Gasteiger partial charge in [-0.15, -0.1) is 0 Å². The van der Waals surface area contributed by atoms with Crippen LogP contribution in [0.25, 0.3) is 0 Å². The summed E-state index contributed by atoms with van der Waals surface area (Å²) in [5.41, 5.74) is 1.10. The minimum absolute atomic E-state index is 0.105. The summed E-state index contributed by atoms with van der Waals surface area (Å²) in [6.45, 7) is 2.06. The maximum Gasteiger partial charge on any atom is 0.319 e. The van der Waals surface area contributed by atoms with Gasteiger partial charge in [0.1, 0.15) is 11.5 Å². The van der Waals surface area contributed by atoms with E-state index in [0.29, 0.717) is 0 Å². The van der Waals surface area contributed by atoms with Crippen LogP contribution in [0.4, 0.5) is 0 Å². The summed E-state index contributed by atoms with van der Waals surface area (Å²) in [5.74, 6) is 2.12. The lowest BCUT2D eigenvalue weighted by atomic mass is 10.6. The van der Waals surface area contributed by atoms with Gasteiger partial charge in [0.25, 0.3) is 0 Å². The Hall–Kier alpha value is -0.0200. The molecule has 3 heteroatoms. The van der Waals surface area contributed by atoms with Crippen LogP contribution in [0.3, 0.4) is 0 Å². The number of hydrogen-bond acceptors (Lipinski definition) is 2. The first-order valence-corrected chi connectivity index (χ1v) is 4.38. The molecule has 0 spiro atoms. The zero-order valence-corrected chi connectivity index (χ0v) is 5.54. The first-order chi connectivity index (χ1) is 3.93. The molecule has 0 aliphatic carbocycles. The quantitative estimate of drug-likeness (QED) is 0.381. The largest absolute Gasteiger partial charge is 0.319 e. The normalized spacial score (nSPS) is 23.0. The molecule has 1 aliphatic heterocycles. The highest BCUT2D eigenvalue weighted by Crippen LogP contribution is 1.93. The second-order valence-electron chi connectivity index (χ2n) is 1.79. The number of carbonyl (C=O) groups excluding carboxylic acids is 1. The van der Waals surface area contributed by atoms with Crippen LogP contribution in [0.2, 0.25) is 0 Å². The third-order valence-corrected chi connectivity index (χ3v) is 2.95.